The maximum absolute atomic E-state index is 5.44. The molecule has 2 aromatic rings. The van der Waals surface area contributed by atoms with Gasteiger partial charge in [-0.2, -0.15) is 0 Å². The predicted molar refractivity (Wildman–Crippen MR) is 99.0 cm³/mol. The van der Waals surface area contributed by atoms with Gasteiger partial charge in [0.25, 0.3) is 0 Å². The van der Waals surface area contributed by atoms with Crippen molar-refractivity contribution in [2.75, 3.05) is 37.7 Å². The topological polar surface area (TPSA) is 54.6 Å². The van der Waals surface area contributed by atoms with Crippen LogP contribution in [0, 0.1) is 0 Å². The van der Waals surface area contributed by atoms with E-state index in [1.807, 2.05) is 12.1 Å². The third-order valence-electron chi connectivity index (χ3n) is 5.75. The molecule has 136 valence electrons. The summed E-state index contributed by atoms with van der Waals surface area (Å²) in [6, 6.07) is 4.94. The fourth-order valence-electron chi connectivity index (χ4n) is 4.44. The molecule has 26 heavy (non-hydrogen) atoms. The first kappa shape index (κ1) is 16.0. The minimum absolute atomic E-state index is 0.448. The molecule has 5 rings (SSSR count). The second-order valence-corrected chi connectivity index (χ2v) is 7.24. The summed E-state index contributed by atoms with van der Waals surface area (Å²) < 4.78 is 10.8. The van der Waals surface area contributed by atoms with Crippen LogP contribution in [0.5, 0.6) is 0 Å². The lowest BCUT2D eigenvalue weighted by atomic mass is 9.99. The van der Waals surface area contributed by atoms with E-state index >= 15 is 0 Å². The number of fused-ring (bicyclic) bond motifs is 4. The molecule has 2 fully saturated rings. The molecule has 6 nitrogen and oxygen atoms in total. The van der Waals surface area contributed by atoms with Gasteiger partial charge in [-0.1, -0.05) is 6.08 Å². The van der Waals surface area contributed by atoms with Crippen LogP contribution in [0.4, 0.5) is 5.95 Å². The Kier molecular flexibility index (Phi) is 4.22. The van der Waals surface area contributed by atoms with Crippen molar-refractivity contribution in [1.82, 2.24) is 14.9 Å². The number of anilines is 1. The largest absolute Gasteiger partial charge is 0.465 e. The number of hydrogen-bond donors (Lipinski definition) is 0. The lowest BCUT2D eigenvalue weighted by Crippen LogP contribution is -2.40. The van der Waals surface area contributed by atoms with Crippen LogP contribution in [0.1, 0.15) is 35.9 Å². The molecule has 0 aromatic carbocycles. The van der Waals surface area contributed by atoms with Gasteiger partial charge < -0.3 is 14.1 Å². The highest BCUT2D eigenvalue weighted by Gasteiger charge is 2.40. The molecule has 2 saturated heterocycles. The van der Waals surface area contributed by atoms with E-state index in [0.717, 1.165) is 51.0 Å². The Morgan fingerprint density at radius 1 is 1.23 bits per heavy atom. The van der Waals surface area contributed by atoms with Crippen molar-refractivity contribution in [3.8, 4) is 0 Å². The van der Waals surface area contributed by atoms with Crippen LogP contribution in [-0.4, -0.2) is 53.8 Å². The number of furan rings is 1. The summed E-state index contributed by atoms with van der Waals surface area (Å²) in [5, 5.41) is 0. The van der Waals surface area contributed by atoms with E-state index < -0.39 is 0 Å². The molecule has 2 aromatic heterocycles. The first-order valence-corrected chi connectivity index (χ1v) is 9.53. The number of hydrogen-bond acceptors (Lipinski definition) is 6. The second-order valence-electron chi connectivity index (χ2n) is 7.24. The van der Waals surface area contributed by atoms with E-state index in [1.54, 1.807) is 6.26 Å². The quantitative estimate of drug-likeness (QED) is 0.843. The van der Waals surface area contributed by atoms with Gasteiger partial charge in [-0.3, -0.25) is 4.90 Å². The number of rotatable bonds is 4. The summed E-state index contributed by atoms with van der Waals surface area (Å²) >= 11 is 0. The lowest BCUT2D eigenvalue weighted by molar-refractivity contribution is 0.122. The van der Waals surface area contributed by atoms with Crippen molar-refractivity contribution in [3.05, 3.63) is 47.7 Å². The Morgan fingerprint density at radius 2 is 2.15 bits per heavy atom. The zero-order chi connectivity index (χ0) is 17.3. The van der Waals surface area contributed by atoms with Gasteiger partial charge in [0.15, 0.2) is 0 Å². The second kappa shape index (κ2) is 6.85. The number of nitrogens with zero attached hydrogens (tertiary/aromatic N) is 4. The van der Waals surface area contributed by atoms with Crippen molar-refractivity contribution in [2.45, 2.75) is 31.3 Å². The van der Waals surface area contributed by atoms with E-state index in [2.05, 4.69) is 33.1 Å². The number of morpholine rings is 1. The van der Waals surface area contributed by atoms with Gasteiger partial charge >= 0.3 is 0 Å². The van der Waals surface area contributed by atoms with E-state index in [-0.39, 0.29) is 0 Å². The molecule has 0 N–H and O–H groups in total. The molecule has 3 aliphatic heterocycles. The Labute approximate surface area is 153 Å². The molecule has 2 bridgehead atoms. The van der Waals surface area contributed by atoms with Crippen molar-refractivity contribution < 1.29 is 9.15 Å². The predicted octanol–water partition coefficient (Wildman–Crippen LogP) is 2.68. The van der Waals surface area contributed by atoms with Crippen molar-refractivity contribution in [2.24, 2.45) is 0 Å². The summed E-state index contributed by atoms with van der Waals surface area (Å²) in [4.78, 5) is 14.5. The molecule has 0 radical (unpaired) electrons. The van der Waals surface area contributed by atoms with Crippen molar-refractivity contribution in [1.29, 1.82) is 0 Å². The molecule has 0 spiro atoms. The molecule has 3 aliphatic rings. The van der Waals surface area contributed by atoms with Gasteiger partial charge in [-0.05, 0) is 31.1 Å². The highest BCUT2D eigenvalue weighted by atomic mass is 16.5. The van der Waals surface area contributed by atoms with Gasteiger partial charge in [-0.25, -0.2) is 9.97 Å². The van der Waals surface area contributed by atoms with Crippen LogP contribution in [0.2, 0.25) is 0 Å². The van der Waals surface area contributed by atoms with E-state index in [9.17, 15) is 0 Å². The smallest absolute Gasteiger partial charge is 0.225 e. The highest BCUT2D eigenvalue weighted by molar-refractivity contribution is 5.43. The minimum atomic E-state index is 0.448. The Morgan fingerprint density at radius 3 is 3.00 bits per heavy atom. The average molecular weight is 352 g/mol. The molecule has 0 unspecified atom stereocenters. The van der Waals surface area contributed by atoms with Crippen molar-refractivity contribution >= 4 is 12.0 Å². The van der Waals surface area contributed by atoms with Crippen LogP contribution in [-0.2, 0) is 11.2 Å². The van der Waals surface area contributed by atoms with Crippen LogP contribution >= 0.6 is 0 Å². The van der Waals surface area contributed by atoms with Gasteiger partial charge in [0.1, 0.15) is 5.76 Å². The van der Waals surface area contributed by atoms with Crippen LogP contribution in [0.3, 0.4) is 0 Å². The Hall–Kier alpha value is -2.18. The zero-order valence-electron chi connectivity index (χ0n) is 14.9. The van der Waals surface area contributed by atoms with Crippen LogP contribution < -0.4 is 4.90 Å². The summed E-state index contributed by atoms with van der Waals surface area (Å²) in [5.41, 5.74) is 2.57. The van der Waals surface area contributed by atoms with E-state index in [1.165, 1.54) is 24.1 Å². The van der Waals surface area contributed by atoms with E-state index in [4.69, 9.17) is 14.1 Å². The zero-order valence-corrected chi connectivity index (χ0v) is 14.9. The highest BCUT2D eigenvalue weighted by Crippen LogP contribution is 2.43. The fourth-order valence-corrected chi connectivity index (χ4v) is 4.44. The maximum atomic E-state index is 5.44. The molecule has 0 amide bonds. The van der Waals surface area contributed by atoms with Crippen molar-refractivity contribution in [3.63, 3.8) is 0 Å². The molecule has 0 saturated carbocycles. The molecule has 6 heteroatoms. The van der Waals surface area contributed by atoms with Gasteiger partial charge in [0.2, 0.25) is 5.95 Å². The number of ether oxygens (including phenoxy) is 1. The standard InChI is InChI=1S/C20H24N4O2/c1(3-16-4-2-10-26-16)7-24-15-5-6-19(24)17-14-21-20(22-18(17)13-15)23-8-11-25-12-9-23/h1-4,10,14-15,19H,5-9,11-13H2/b3-1+/t15-,19-/m1/s1. The minimum Gasteiger partial charge on any atom is -0.465 e. The Balaban J connectivity index is 1.33. The monoisotopic (exact) mass is 352 g/mol. The van der Waals surface area contributed by atoms with Crippen LogP contribution in [0.15, 0.2) is 35.1 Å². The first-order valence-electron chi connectivity index (χ1n) is 9.53. The summed E-state index contributed by atoms with van der Waals surface area (Å²) in [6.07, 6.45) is 11.5. The molecule has 2 atom stereocenters. The molecule has 0 aliphatic carbocycles. The summed E-state index contributed by atoms with van der Waals surface area (Å²) in [5.74, 6) is 1.78. The SMILES string of the molecule is C(=C\c1ccco1)/CN1[C@@H]2CC[C@@H]1c1cnc(N3CCOCC3)nc1C2. The third kappa shape index (κ3) is 2.93. The first-order chi connectivity index (χ1) is 12.9. The summed E-state index contributed by atoms with van der Waals surface area (Å²) in [7, 11) is 0. The maximum Gasteiger partial charge on any atom is 0.225 e. The fraction of sp³-hybridized carbons (Fsp3) is 0.500. The van der Waals surface area contributed by atoms with E-state index in [0.29, 0.717) is 12.1 Å². The lowest BCUT2D eigenvalue weighted by Gasteiger charge is -2.35. The van der Waals surface area contributed by atoms with Gasteiger partial charge in [0.05, 0.1) is 25.2 Å². The molecular weight excluding hydrogens is 328 g/mol. The average Bonchev–Trinajstić information content (AvgIpc) is 3.29. The molecule has 5 heterocycles. The Bertz CT molecular complexity index is 783. The molecular formula is C20H24N4O2. The van der Waals surface area contributed by atoms with Gasteiger partial charge in [0, 0.05) is 49.9 Å². The van der Waals surface area contributed by atoms with Crippen LogP contribution in [0.25, 0.3) is 6.08 Å². The third-order valence-corrected chi connectivity index (χ3v) is 5.75. The normalized spacial score (nSPS) is 25.8. The summed E-state index contributed by atoms with van der Waals surface area (Å²) in [6.45, 7) is 4.24. The van der Waals surface area contributed by atoms with Gasteiger partial charge in [-0.15, -0.1) is 0 Å². The number of aromatic nitrogens is 2.